The lowest BCUT2D eigenvalue weighted by molar-refractivity contribution is 0.482. The van der Waals surface area contributed by atoms with Crippen molar-refractivity contribution in [1.29, 1.82) is 0 Å². The highest BCUT2D eigenvalue weighted by atomic mass is 16.5. The molecular weight excluding hydrogens is 184 g/mol. The predicted octanol–water partition coefficient (Wildman–Crippen LogP) is 3.84. The number of hydrogen-bond acceptors (Lipinski definition) is 1. The highest BCUT2D eigenvalue weighted by Gasteiger charge is 1.97. The molecule has 0 spiro atoms. The summed E-state index contributed by atoms with van der Waals surface area (Å²) in [4.78, 5) is 0. The van der Waals surface area contributed by atoms with E-state index in [4.69, 9.17) is 4.74 Å². The molecule has 0 atom stereocenters. The summed E-state index contributed by atoms with van der Waals surface area (Å²) in [6, 6.07) is 18.8. The van der Waals surface area contributed by atoms with Gasteiger partial charge in [0.05, 0.1) is 0 Å². The van der Waals surface area contributed by atoms with Crippen molar-refractivity contribution >= 4 is 0 Å². The molecule has 0 bridgehead atoms. The summed E-state index contributed by atoms with van der Waals surface area (Å²) in [6.45, 7) is 2.11. The number of ether oxygens (including phenoxy) is 1. The molecule has 2 aromatic rings. The minimum Gasteiger partial charge on any atom is -0.457 e. The monoisotopic (exact) mass is 197 g/mol. The van der Waals surface area contributed by atoms with Gasteiger partial charge in [-0.15, -0.1) is 0 Å². The van der Waals surface area contributed by atoms with Gasteiger partial charge in [-0.2, -0.15) is 0 Å². The number of hydrogen-bond donors (Lipinski definition) is 0. The third kappa shape index (κ3) is 2.59. The van der Waals surface area contributed by atoms with Gasteiger partial charge in [0.2, 0.25) is 0 Å². The zero-order valence-electron chi connectivity index (χ0n) is 8.73. The maximum absolute atomic E-state index is 5.70. The Morgan fingerprint density at radius 3 is 2.60 bits per heavy atom. The summed E-state index contributed by atoms with van der Waals surface area (Å²) < 4.78 is 5.70. The minimum absolute atomic E-state index is 0.866. The van der Waals surface area contributed by atoms with Crippen molar-refractivity contribution in [2.75, 3.05) is 0 Å². The van der Waals surface area contributed by atoms with E-state index in [-0.39, 0.29) is 0 Å². The SMILES string of the molecule is CCc1[c]ccc(Oc2ccccc2)c1. The molecule has 15 heavy (non-hydrogen) atoms. The lowest BCUT2D eigenvalue weighted by Crippen LogP contribution is -1.85. The molecule has 1 heteroatoms. The number of rotatable bonds is 3. The Bertz CT molecular complexity index is 420. The molecule has 2 aromatic carbocycles. The van der Waals surface area contributed by atoms with Gasteiger partial charge in [0, 0.05) is 0 Å². The van der Waals surface area contributed by atoms with Gasteiger partial charge in [0.1, 0.15) is 11.5 Å². The van der Waals surface area contributed by atoms with Gasteiger partial charge >= 0.3 is 0 Å². The van der Waals surface area contributed by atoms with Crippen LogP contribution in [0.3, 0.4) is 0 Å². The second-order valence-electron chi connectivity index (χ2n) is 3.32. The quantitative estimate of drug-likeness (QED) is 0.726. The van der Waals surface area contributed by atoms with Crippen LogP contribution in [0.25, 0.3) is 0 Å². The maximum atomic E-state index is 5.70. The molecule has 75 valence electrons. The first-order chi connectivity index (χ1) is 7.38. The summed E-state index contributed by atoms with van der Waals surface area (Å²) in [5.74, 6) is 1.74. The Morgan fingerprint density at radius 1 is 1.07 bits per heavy atom. The van der Waals surface area contributed by atoms with E-state index in [0.29, 0.717) is 0 Å². The standard InChI is InChI=1S/C14H13O/c1-2-12-7-6-10-14(11-12)15-13-8-4-3-5-9-13/h3-6,8-11H,2H2,1H3. The van der Waals surface area contributed by atoms with Crippen LogP contribution in [0.4, 0.5) is 0 Å². The highest BCUT2D eigenvalue weighted by Crippen LogP contribution is 2.21. The van der Waals surface area contributed by atoms with E-state index in [9.17, 15) is 0 Å². The van der Waals surface area contributed by atoms with Gasteiger partial charge in [0.25, 0.3) is 0 Å². The van der Waals surface area contributed by atoms with E-state index < -0.39 is 0 Å². The van der Waals surface area contributed by atoms with Crippen LogP contribution in [0, 0.1) is 6.07 Å². The van der Waals surface area contributed by atoms with Crippen LogP contribution < -0.4 is 4.74 Å². The summed E-state index contributed by atoms with van der Waals surface area (Å²) >= 11 is 0. The zero-order chi connectivity index (χ0) is 10.5. The second kappa shape index (κ2) is 4.65. The van der Waals surface area contributed by atoms with Crippen LogP contribution in [-0.4, -0.2) is 0 Å². The lowest BCUT2D eigenvalue weighted by atomic mass is 10.2. The van der Waals surface area contributed by atoms with Crippen molar-refractivity contribution < 1.29 is 4.74 Å². The van der Waals surface area contributed by atoms with E-state index in [1.54, 1.807) is 0 Å². The minimum atomic E-state index is 0.866. The lowest BCUT2D eigenvalue weighted by Gasteiger charge is -2.06. The molecule has 0 fully saturated rings. The van der Waals surface area contributed by atoms with Crippen LogP contribution in [0.15, 0.2) is 48.5 Å². The third-order valence-corrected chi connectivity index (χ3v) is 2.19. The fourth-order valence-electron chi connectivity index (χ4n) is 1.38. The number of para-hydroxylation sites is 1. The van der Waals surface area contributed by atoms with E-state index in [1.165, 1.54) is 5.56 Å². The van der Waals surface area contributed by atoms with Crippen molar-refractivity contribution in [2.24, 2.45) is 0 Å². The molecule has 0 unspecified atom stereocenters. The van der Waals surface area contributed by atoms with Crippen molar-refractivity contribution in [3.8, 4) is 11.5 Å². The first kappa shape index (κ1) is 9.78. The van der Waals surface area contributed by atoms with Gasteiger partial charge in [-0.25, -0.2) is 0 Å². The largest absolute Gasteiger partial charge is 0.457 e. The predicted molar refractivity (Wildman–Crippen MR) is 61.2 cm³/mol. The average Bonchev–Trinajstić information content (AvgIpc) is 2.31. The Kier molecular flexibility index (Phi) is 3.03. The molecule has 0 aromatic heterocycles. The van der Waals surface area contributed by atoms with Crippen molar-refractivity contribution in [3.05, 3.63) is 60.2 Å². The molecule has 0 aliphatic heterocycles. The van der Waals surface area contributed by atoms with Gasteiger partial charge in [0.15, 0.2) is 0 Å². The third-order valence-electron chi connectivity index (χ3n) is 2.19. The van der Waals surface area contributed by atoms with Gasteiger partial charge in [-0.05, 0) is 42.3 Å². The smallest absolute Gasteiger partial charge is 0.127 e. The van der Waals surface area contributed by atoms with Crippen molar-refractivity contribution in [3.63, 3.8) is 0 Å². The Labute approximate surface area is 90.3 Å². The van der Waals surface area contributed by atoms with Crippen LogP contribution in [0.1, 0.15) is 12.5 Å². The maximum Gasteiger partial charge on any atom is 0.127 e. The molecule has 1 nitrogen and oxygen atoms in total. The van der Waals surface area contributed by atoms with Crippen LogP contribution in [0.5, 0.6) is 11.5 Å². The first-order valence-corrected chi connectivity index (χ1v) is 5.12. The molecule has 2 rings (SSSR count). The highest BCUT2D eigenvalue weighted by molar-refractivity contribution is 5.33. The summed E-state index contributed by atoms with van der Waals surface area (Å²) in [7, 11) is 0. The van der Waals surface area contributed by atoms with E-state index in [0.717, 1.165) is 17.9 Å². The van der Waals surface area contributed by atoms with Gasteiger partial charge < -0.3 is 4.74 Å². The van der Waals surface area contributed by atoms with Crippen molar-refractivity contribution in [1.82, 2.24) is 0 Å². The molecule has 0 aliphatic rings. The molecule has 0 N–H and O–H groups in total. The van der Waals surface area contributed by atoms with Crippen LogP contribution >= 0.6 is 0 Å². The topological polar surface area (TPSA) is 9.23 Å². The summed E-state index contributed by atoms with van der Waals surface area (Å²) in [5, 5.41) is 0. The van der Waals surface area contributed by atoms with Gasteiger partial charge in [-0.1, -0.05) is 31.2 Å². The zero-order valence-corrected chi connectivity index (χ0v) is 8.73. The fraction of sp³-hybridized carbons (Fsp3) is 0.143. The summed E-state index contributed by atoms with van der Waals surface area (Å²) in [6.07, 6.45) is 0.978. The van der Waals surface area contributed by atoms with Crippen LogP contribution in [-0.2, 0) is 6.42 Å². The normalized spacial score (nSPS) is 9.93. The van der Waals surface area contributed by atoms with Crippen molar-refractivity contribution in [2.45, 2.75) is 13.3 Å². The van der Waals surface area contributed by atoms with E-state index >= 15 is 0 Å². The molecule has 0 saturated carbocycles. The van der Waals surface area contributed by atoms with Gasteiger partial charge in [-0.3, -0.25) is 0 Å². The molecule has 1 radical (unpaired) electrons. The van der Waals surface area contributed by atoms with E-state index in [1.807, 2.05) is 48.5 Å². The molecule has 0 saturated heterocycles. The molecule has 0 aliphatic carbocycles. The Balaban J connectivity index is 2.17. The Hall–Kier alpha value is -1.76. The van der Waals surface area contributed by atoms with Crippen LogP contribution in [0.2, 0.25) is 0 Å². The Morgan fingerprint density at radius 2 is 1.87 bits per heavy atom. The van der Waals surface area contributed by atoms with E-state index in [2.05, 4.69) is 13.0 Å². The summed E-state index contributed by atoms with van der Waals surface area (Å²) in [5.41, 5.74) is 1.17. The number of benzene rings is 2. The average molecular weight is 197 g/mol. The molecule has 0 heterocycles. The number of aryl methyl sites for hydroxylation is 1. The fourth-order valence-corrected chi connectivity index (χ4v) is 1.38. The first-order valence-electron chi connectivity index (χ1n) is 5.12. The second-order valence-corrected chi connectivity index (χ2v) is 3.32. The molecular formula is C14H13O. The molecule has 0 amide bonds.